The molecule has 14 atom stereocenters. The molecule has 0 aliphatic carbocycles. The van der Waals surface area contributed by atoms with E-state index in [0.29, 0.717) is 0 Å². The number of nitrogens with one attached hydrogen (secondary N) is 2. The number of aliphatic hydroxyl groups is 1. The van der Waals surface area contributed by atoms with Crippen LogP contribution in [0.5, 0.6) is 0 Å². The van der Waals surface area contributed by atoms with E-state index >= 15 is 0 Å². The van der Waals surface area contributed by atoms with Crippen LogP contribution in [0.4, 0.5) is 17.7 Å². The number of anilines is 3. The van der Waals surface area contributed by atoms with Gasteiger partial charge in [-0.1, -0.05) is 0 Å². The summed E-state index contributed by atoms with van der Waals surface area (Å²) in [6.07, 6.45) is -11.7. The van der Waals surface area contributed by atoms with Gasteiger partial charge in [0.2, 0.25) is 11.9 Å². The van der Waals surface area contributed by atoms with Gasteiger partial charge in [0.25, 0.3) is 11.1 Å². The lowest BCUT2D eigenvalue weighted by molar-refractivity contribution is -0.0661. The number of rotatable bonds is 19. The van der Waals surface area contributed by atoms with Crippen molar-refractivity contribution in [2.75, 3.05) is 58.4 Å². The molecule has 0 saturated carbocycles. The number of phosphoric ester groups is 2. The first-order valence-electron chi connectivity index (χ1n) is 20.0. The second-order valence-corrected chi connectivity index (χ2v) is 20.8. The quantitative estimate of drug-likeness (QED) is 0.0390. The number of H-pyrrole nitrogens is 2. The monoisotopic (exact) mass is 1060 g/mol. The second-order valence-electron chi connectivity index (χ2n) is 15.1. The van der Waals surface area contributed by atoms with Crippen molar-refractivity contribution in [1.82, 2.24) is 48.6 Å². The molecule has 12 N–H and O–H groups in total. The van der Waals surface area contributed by atoms with Crippen molar-refractivity contribution in [2.45, 2.75) is 73.9 Å². The average Bonchev–Trinajstić information content (AvgIpc) is 4.11. The highest BCUT2D eigenvalue weighted by molar-refractivity contribution is 8.07. The van der Waals surface area contributed by atoms with E-state index in [9.17, 15) is 43.3 Å². The number of aliphatic hydroxyl groups excluding tert-OH is 1. The summed E-state index contributed by atoms with van der Waals surface area (Å²) in [6.45, 7) is -6.72. The molecule has 37 heteroatoms. The molecular formula is C32H44N13O20P3S. The smallest absolute Gasteiger partial charge is 0.394 e. The molecule has 0 aromatic carbocycles. The number of nitrogens with zero attached hydrogens (tertiary/aromatic N) is 8. The SMILES string of the molecule is COC1[C@@H](OP(=O)(O)OC)[C@@H](COP(=O)(O)O[C@@H]2C(OC)[C@H](n3cnc4c(=O)[nH]c(N)nc43)O[C@@H]2COP(O)(=S)O[C@@H]2C[C@H](n3cnc4c(=O)[nH]c(N)nc43)O[C@@H]2CO)O[C@H]1n1ccc(N)nc1=O. The minimum Gasteiger partial charge on any atom is -0.394 e. The first-order valence-corrected chi connectivity index (χ1v) is 25.5. The number of hydrogen-bond donors (Lipinski definition) is 9. The molecule has 33 nitrogen and oxygen atoms in total. The Morgan fingerprint density at radius 3 is 1.83 bits per heavy atom. The van der Waals surface area contributed by atoms with Crippen LogP contribution in [0.2, 0.25) is 0 Å². The Hall–Kier alpha value is -4.51. The number of phosphoric acid groups is 2. The molecule has 5 unspecified atom stereocenters. The number of hydrogen-bond acceptors (Lipinski definition) is 26. The summed E-state index contributed by atoms with van der Waals surface area (Å²) in [5.41, 5.74) is 14.7. The predicted molar refractivity (Wildman–Crippen MR) is 233 cm³/mol. The van der Waals surface area contributed by atoms with E-state index in [0.717, 1.165) is 18.0 Å². The van der Waals surface area contributed by atoms with E-state index in [1.165, 1.54) is 41.9 Å². The minimum absolute atomic E-state index is 0.0502. The van der Waals surface area contributed by atoms with Crippen LogP contribution in [0.15, 0.2) is 39.3 Å². The average molecular weight is 1060 g/mol. The van der Waals surface area contributed by atoms with Crippen LogP contribution in [0.3, 0.4) is 0 Å². The molecule has 5 aromatic rings. The first kappa shape index (κ1) is 50.9. The van der Waals surface area contributed by atoms with Gasteiger partial charge in [-0.05, 0) is 17.9 Å². The number of aromatic amines is 2. The topological polar surface area (TPSA) is 457 Å². The van der Waals surface area contributed by atoms with Gasteiger partial charge in [-0.3, -0.25) is 51.4 Å². The van der Waals surface area contributed by atoms with Crippen molar-refractivity contribution in [3.05, 3.63) is 56.1 Å². The maximum Gasteiger partial charge on any atom is 0.472 e. The standard InChI is InChI=1S/C32H44N13O20P3S/c1-55-22-20(64-66(50,51)57-3)14(61-28(22)43-5-4-16(33)38-32(43)49)8-58-67(52,53)65-21-15(62-29(23(21)56-2)45-11-37-19-25(45)40-31(35)42-27(19)48)9-59-68(54,69)63-12-6-17(60-13(12)7-46)44-10-36-18-24(44)39-30(34)41-26(18)47/h4-5,10-15,17,20-23,28-29,46H,6-9H2,1-3H3,(H,50,51)(H,52,53)(H,54,69)(H2,33,38,49)(H3,34,39,41,47)(H3,35,40,42,48)/t12-,13-,14-,15-,17-,20+,21+,22?,23?,28-,29-,68?/m1/s1. The van der Waals surface area contributed by atoms with Crippen LogP contribution in [-0.2, 0) is 71.8 Å². The number of fused-ring (bicyclic) bond motifs is 2. The Kier molecular flexibility index (Phi) is 14.7. The van der Waals surface area contributed by atoms with Crippen LogP contribution in [0.1, 0.15) is 25.1 Å². The normalized spacial score (nSPS) is 29.9. The van der Waals surface area contributed by atoms with Gasteiger partial charge in [0.15, 0.2) is 34.8 Å². The Morgan fingerprint density at radius 1 is 0.739 bits per heavy atom. The molecule has 0 amide bonds. The van der Waals surface area contributed by atoms with Crippen molar-refractivity contribution < 1.29 is 79.7 Å². The Bertz CT molecular complexity index is 3030. The number of nitrogen functional groups attached to an aromatic ring is 3. The van der Waals surface area contributed by atoms with E-state index < -0.39 is 127 Å². The molecule has 3 fully saturated rings. The molecule has 0 spiro atoms. The van der Waals surface area contributed by atoms with Crippen molar-refractivity contribution in [3.63, 3.8) is 0 Å². The molecule has 3 aliphatic heterocycles. The van der Waals surface area contributed by atoms with Crippen LogP contribution in [0, 0.1) is 0 Å². The maximum absolute atomic E-state index is 14.0. The molecule has 8 heterocycles. The van der Waals surface area contributed by atoms with Crippen molar-refractivity contribution in [1.29, 1.82) is 0 Å². The molecule has 3 saturated heterocycles. The van der Waals surface area contributed by atoms with E-state index in [1.54, 1.807) is 0 Å². The number of ether oxygens (including phenoxy) is 5. The summed E-state index contributed by atoms with van der Waals surface area (Å²) in [5.74, 6) is -0.634. The van der Waals surface area contributed by atoms with Crippen molar-refractivity contribution in [3.8, 4) is 0 Å². The number of methoxy groups -OCH3 is 2. The van der Waals surface area contributed by atoms with Gasteiger partial charge >= 0.3 is 28.1 Å². The minimum atomic E-state index is -5.39. The molecule has 69 heavy (non-hydrogen) atoms. The highest BCUT2D eigenvalue weighted by Crippen LogP contribution is 2.54. The number of imidazole rings is 2. The fourth-order valence-corrected chi connectivity index (χ4v) is 10.9. The number of nitrogens with two attached hydrogens (primary N) is 3. The fourth-order valence-electron chi connectivity index (χ4n) is 7.85. The number of aromatic nitrogens is 10. The lowest BCUT2D eigenvalue weighted by Gasteiger charge is -2.27. The molecule has 8 rings (SSSR count). The molecule has 5 aromatic heterocycles. The lowest BCUT2D eigenvalue weighted by atomic mass is 10.1. The third kappa shape index (κ3) is 10.6. The van der Waals surface area contributed by atoms with E-state index in [2.05, 4.69) is 39.4 Å². The zero-order valence-electron chi connectivity index (χ0n) is 35.9. The fraction of sp³-hybridized carbons (Fsp3) is 0.562. The van der Waals surface area contributed by atoms with Gasteiger partial charge in [0, 0.05) is 33.9 Å². The van der Waals surface area contributed by atoms with Gasteiger partial charge in [0.05, 0.1) is 38.6 Å². The summed E-state index contributed by atoms with van der Waals surface area (Å²) < 4.78 is 92.0. The van der Waals surface area contributed by atoms with E-state index in [1.807, 2.05) is 0 Å². The molecule has 378 valence electrons. The maximum atomic E-state index is 14.0. The third-order valence-corrected chi connectivity index (χ3v) is 14.4. The van der Waals surface area contributed by atoms with Gasteiger partial charge < -0.3 is 69.7 Å². The molecule has 0 bridgehead atoms. The lowest BCUT2D eigenvalue weighted by Crippen LogP contribution is -2.39. The van der Waals surface area contributed by atoms with Crippen LogP contribution in [0.25, 0.3) is 22.3 Å². The zero-order valence-corrected chi connectivity index (χ0v) is 39.4. The third-order valence-electron chi connectivity index (χ3n) is 10.9. The molecule has 0 radical (unpaired) electrons. The highest BCUT2D eigenvalue weighted by atomic mass is 32.5. The van der Waals surface area contributed by atoms with Crippen molar-refractivity contribution >= 4 is 74.2 Å². The van der Waals surface area contributed by atoms with Crippen LogP contribution < -0.4 is 34.0 Å². The summed E-state index contributed by atoms with van der Waals surface area (Å²) in [6, 6.07) is 1.26. The van der Waals surface area contributed by atoms with Gasteiger partial charge in [-0.2, -0.15) is 15.0 Å². The predicted octanol–water partition coefficient (Wildman–Crippen LogP) is -2.39. The second kappa shape index (κ2) is 19.9. The summed E-state index contributed by atoms with van der Waals surface area (Å²) >= 11 is 5.36. The molecular weight excluding hydrogens is 1010 g/mol. The Morgan fingerprint density at radius 2 is 1.28 bits per heavy atom. The highest BCUT2D eigenvalue weighted by Gasteiger charge is 2.54. The summed E-state index contributed by atoms with van der Waals surface area (Å²) in [4.78, 5) is 95.6. The summed E-state index contributed by atoms with van der Waals surface area (Å²) in [5, 5.41) is 10.2. The van der Waals surface area contributed by atoms with Gasteiger partial charge in [0.1, 0.15) is 54.8 Å². The van der Waals surface area contributed by atoms with Crippen molar-refractivity contribution in [2.24, 2.45) is 0 Å². The molecule has 3 aliphatic rings. The Labute approximate surface area is 390 Å². The van der Waals surface area contributed by atoms with E-state index in [-0.39, 0.29) is 46.5 Å². The van der Waals surface area contributed by atoms with Crippen LogP contribution in [-0.4, -0.2) is 158 Å². The van der Waals surface area contributed by atoms with E-state index in [4.69, 9.17) is 75.3 Å². The van der Waals surface area contributed by atoms with Gasteiger partial charge in [-0.25, -0.2) is 23.9 Å². The first-order chi connectivity index (χ1) is 32.6. The van der Waals surface area contributed by atoms with Crippen LogP contribution >= 0.6 is 22.4 Å². The van der Waals surface area contributed by atoms with Gasteiger partial charge in [-0.15, -0.1) is 0 Å². The Balaban J connectivity index is 1.03. The summed E-state index contributed by atoms with van der Waals surface area (Å²) in [7, 11) is -7.01. The zero-order chi connectivity index (χ0) is 49.7. The largest absolute Gasteiger partial charge is 0.472 e.